The lowest BCUT2D eigenvalue weighted by Gasteiger charge is -2.10. The van der Waals surface area contributed by atoms with Gasteiger partial charge in [0.25, 0.3) is 5.91 Å². The third kappa shape index (κ3) is 3.52. The molecular weight excluding hydrogens is 369 g/mol. The number of carbonyl (C=O) groups is 1. The van der Waals surface area contributed by atoms with Gasteiger partial charge in [0.05, 0.1) is 16.2 Å². The van der Waals surface area contributed by atoms with Gasteiger partial charge in [-0.3, -0.25) is 4.79 Å². The molecule has 0 saturated carbocycles. The number of carbonyl (C=O) groups excluding carboxylic acids is 1. The van der Waals surface area contributed by atoms with Crippen molar-refractivity contribution in [2.75, 3.05) is 11.1 Å². The topological polar surface area (TPSA) is 83.5 Å². The van der Waals surface area contributed by atoms with Gasteiger partial charge in [-0.2, -0.15) is 0 Å². The van der Waals surface area contributed by atoms with Crippen LogP contribution in [0.15, 0.2) is 52.9 Å². The average molecular weight is 382 g/mol. The van der Waals surface area contributed by atoms with Crippen LogP contribution in [-0.4, -0.2) is 25.2 Å². The summed E-state index contributed by atoms with van der Waals surface area (Å²) < 4.78 is 37.7. The summed E-state index contributed by atoms with van der Waals surface area (Å²) in [5.41, 5.74) is 0.244. The Morgan fingerprint density at radius 3 is 2.52 bits per heavy atom. The van der Waals surface area contributed by atoms with Gasteiger partial charge >= 0.3 is 0 Å². The van der Waals surface area contributed by atoms with E-state index >= 15 is 0 Å². The molecule has 0 aromatic heterocycles. The van der Waals surface area contributed by atoms with Crippen LogP contribution >= 0.6 is 11.6 Å². The standard InChI is InChI=1S/C17H13ClFNO4S/c18-10-1-6-15-14(9-10)16(21)13(7-8-25(15,23)24)17(22)20-12-4-2-11(19)3-5-12/h1-6,9,21H,7-8H2,(H,20,22). The third-order valence-electron chi connectivity index (χ3n) is 3.81. The largest absolute Gasteiger partial charge is 0.507 e. The molecule has 3 rings (SSSR count). The normalized spacial score (nSPS) is 16.1. The van der Waals surface area contributed by atoms with E-state index in [2.05, 4.69) is 5.32 Å². The number of sulfone groups is 1. The average Bonchev–Trinajstić information content (AvgIpc) is 2.65. The number of hydrogen-bond acceptors (Lipinski definition) is 4. The van der Waals surface area contributed by atoms with E-state index in [1.165, 1.54) is 42.5 Å². The monoisotopic (exact) mass is 381 g/mol. The molecule has 5 nitrogen and oxygen atoms in total. The lowest BCUT2D eigenvalue weighted by molar-refractivity contribution is -0.113. The van der Waals surface area contributed by atoms with Crippen molar-refractivity contribution in [1.29, 1.82) is 0 Å². The van der Waals surface area contributed by atoms with E-state index in [1.807, 2.05) is 0 Å². The number of halogens is 2. The second kappa shape index (κ2) is 6.50. The van der Waals surface area contributed by atoms with Crippen LogP contribution in [0.4, 0.5) is 10.1 Å². The summed E-state index contributed by atoms with van der Waals surface area (Å²) in [5, 5.41) is 13.2. The Bertz CT molecular complexity index is 984. The van der Waals surface area contributed by atoms with Gasteiger partial charge in [0, 0.05) is 16.3 Å². The van der Waals surface area contributed by atoms with E-state index < -0.39 is 27.3 Å². The third-order valence-corrected chi connectivity index (χ3v) is 5.82. The van der Waals surface area contributed by atoms with E-state index in [4.69, 9.17) is 11.6 Å². The SMILES string of the molecule is O=C(Nc1ccc(F)cc1)C1=C(O)c2cc(Cl)ccc2S(=O)(=O)CC1. The number of fused-ring (bicyclic) bond motifs is 1. The Labute approximate surface area is 148 Å². The number of amides is 1. The van der Waals surface area contributed by atoms with Crippen molar-refractivity contribution < 1.29 is 22.7 Å². The lowest BCUT2D eigenvalue weighted by Crippen LogP contribution is -2.17. The summed E-state index contributed by atoms with van der Waals surface area (Å²) in [5.74, 6) is -1.87. The predicted octanol–water partition coefficient (Wildman–Crippen LogP) is 3.56. The van der Waals surface area contributed by atoms with Crippen LogP contribution in [0.1, 0.15) is 12.0 Å². The molecule has 2 aromatic carbocycles. The van der Waals surface area contributed by atoms with E-state index in [1.54, 1.807) is 0 Å². The zero-order chi connectivity index (χ0) is 18.2. The summed E-state index contributed by atoms with van der Waals surface area (Å²) in [4.78, 5) is 12.4. The fourth-order valence-electron chi connectivity index (χ4n) is 2.55. The van der Waals surface area contributed by atoms with Gasteiger partial charge in [0.1, 0.15) is 11.6 Å². The van der Waals surface area contributed by atoms with Gasteiger partial charge in [0.2, 0.25) is 0 Å². The number of benzene rings is 2. The molecule has 25 heavy (non-hydrogen) atoms. The van der Waals surface area contributed by atoms with Crippen LogP contribution in [0.2, 0.25) is 5.02 Å². The van der Waals surface area contributed by atoms with Gasteiger partial charge < -0.3 is 10.4 Å². The lowest BCUT2D eigenvalue weighted by atomic mass is 10.1. The summed E-state index contributed by atoms with van der Waals surface area (Å²) in [6, 6.07) is 9.11. The zero-order valence-electron chi connectivity index (χ0n) is 12.8. The smallest absolute Gasteiger partial charge is 0.255 e. The molecule has 0 fully saturated rings. The maximum absolute atomic E-state index is 12.9. The molecule has 2 N–H and O–H groups in total. The first-order valence-corrected chi connectivity index (χ1v) is 9.33. The highest BCUT2D eigenvalue weighted by molar-refractivity contribution is 7.91. The molecule has 1 heterocycles. The second-order valence-electron chi connectivity index (χ2n) is 5.50. The summed E-state index contributed by atoms with van der Waals surface area (Å²) in [7, 11) is -3.66. The molecule has 1 aliphatic rings. The molecule has 0 unspecified atom stereocenters. The molecule has 0 radical (unpaired) electrons. The van der Waals surface area contributed by atoms with Crippen LogP contribution in [-0.2, 0) is 14.6 Å². The van der Waals surface area contributed by atoms with Crippen molar-refractivity contribution in [3.8, 4) is 0 Å². The van der Waals surface area contributed by atoms with Crippen molar-refractivity contribution >= 4 is 38.8 Å². The molecule has 1 aliphatic heterocycles. The highest BCUT2D eigenvalue weighted by atomic mass is 35.5. The molecule has 130 valence electrons. The maximum Gasteiger partial charge on any atom is 0.255 e. The number of aliphatic hydroxyl groups excluding tert-OH is 1. The maximum atomic E-state index is 12.9. The highest BCUT2D eigenvalue weighted by Gasteiger charge is 2.29. The fourth-order valence-corrected chi connectivity index (χ4v) is 4.18. The zero-order valence-corrected chi connectivity index (χ0v) is 14.4. The van der Waals surface area contributed by atoms with E-state index in [0.717, 1.165) is 0 Å². The number of hydrogen-bond donors (Lipinski definition) is 2. The quantitative estimate of drug-likeness (QED) is 0.833. The van der Waals surface area contributed by atoms with Gasteiger partial charge in [-0.15, -0.1) is 0 Å². The first-order valence-electron chi connectivity index (χ1n) is 7.29. The second-order valence-corrected chi connectivity index (χ2v) is 8.01. The van der Waals surface area contributed by atoms with Crippen LogP contribution in [0, 0.1) is 5.82 Å². The van der Waals surface area contributed by atoms with Crippen molar-refractivity contribution in [3.63, 3.8) is 0 Å². The predicted molar refractivity (Wildman–Crippen MR) is 92.7 cm³/mol. The van der Waals surface area contributed by atoms with E-state index in [0.29, 0.717) is 5.69 Å². The summed E-state index contributed by atoms with van der Waals surface area (Å²) in [6.45, 7) is 0. The highest BCUT2D eigenvalue weighted by Crippen LogP contribution is 2.33. The number of rotatable bonds is 2. The molecule has 0 aliphatic carbocycles. The van der Waals surface area contributed by atoms with E-state index in [9.17, 15) is 22.7 Å². The number of aliphatic hydroxyl groups is 1. The Hall–Kier alpha value is -2.38. The summed E-state index contributed by atoms with van der Waals surface area (Å²) in [6.07, 6.45) is -0.159. The van der Waals surface area contributed by atoms with Crippen molar-refractivity contribution in [3.05, 3.63) is 64.4 Å². The number of nitrogens with one attached hydrogen (secondary N) is 1. The molecule has 2 aromatic rings. The molecule has 0 saturated heterocycles. The van der Waals surface area contributed by atoms with Gasteiger partial charge in [0.15, 0.2) is 9.84 Å². The molecule has 1 amide bonds. The first-order chi connectivity index (χ1) is 11.8. The molecule has 8 heteroatoms. The Morgan fingerprint density at radius 2 is 1.84 bits per heavy atom. The minimum absolute atomic E-state index is 0.00532. The number of anilines is 1. The Morgan fingerprint density at radius 1 is 1.16 bits per heavy atom. The van der Waals surface area contributed by atoms with Gasteiger partial charge in [-0.1, -0.05) is 11.6 Å². The van der Waals surface area contributed by atoms with Crippen LogP contribution in [0.3, 0.4) is 0 Å². The van der Waals surface area contributed by atoms with Crippen molar-refractivity contribution in [2.45, 2.75) is 11.3 Å². The van der Waals surface area contributed by atoms with Crippen LogP contribution in [0.25, 0.3) is 5.76 Å². The summed E-state index contributed by atoms with van der Waals surface area (Å²) >= 11 is 5.90. The van der Waals surface area contributed by atoms with Crippen molar-refractivity contribution in [2.24, 2.45) is 0 Å². The fraction of sp³-hybridized carbons (Fsp3) is 0.118. The first kappa shape index (κ1) is 17.4. The Balaban J connectivity index is 2.02. The molecule has 0 bridgehead atoms. The molecule has 0 atom stereocenters. The Kier molecular flexibility index (Phi) is 4.53. The van der Waals surface area contributed by atoms with Crippen LogP contribution in [0.5, 0.6) is 0 Å². The van der Waals surface area contributed by atoms with Gasteiger partial charge in [-0.25, -0.2) is 12.8 Å². The molecular formula is C17H13ClFNO4S. The minimum atomic E-state index is -3.66. The minimum Gasteiger partial charge on any atom is -0.507 e. The molecule has 0 spiro atoms. The van der Waals surface area contributed by atoms with E-state index in [-0.39, 0.29) is 33.2 Å². The van der Waals surface area contributed by atoms with Crippen LogP contribution < -0.4 is 5.32 Å². The van der Waals surface area contributed by atoms with Crippen molar-refractivity contribution in [1.82, 2.24) is 0 Å². The van der Waals surface area contributed by atoms with Gasteiger partial charge in [-0.05, 0) is 48.9 Å².